The predicted molar refractivity (Wildman–Crippen MR) is 54.4 cm³/mol. The molecule has 0 saturated carbocycles. The zero-order valence-electron chi connectivity index (χ0n) is 8.65. The van der Waals surface area contributed by atoms with Crippen molar-refractivity contribution in [3.05, 3.63) is 0 Å². The standard InChI is InChI=1S/C7H13BF3N2O2S/c9-8(10,11)6-12-2-3-13-7(5-12)1-4-16(13,14)15/h7H,1-6H2/q-1/t7-/m0/s1. The van der Waals surface area contributed by atoms with E-state index in [2.05, 4.69) is 0 Å². The number of nitrogens with zero attached hydrogens (tertiary/aromatic N) is 2. The number of rotatable bonds is 2. The van der Waals surface area contributed by atoms with Gasteiger partial charge in [-0.25, -0.2) is 8.42 Å². The Hall–Kier alpha value is -0.275. The van der Waals surface area contributed by atoms with E-state index in [-0.39, 0.29) is 31.4 Å². The molecule has 0 aromatic heterocycles. The Balaban J connectivity index is 1.99. The summed E-state index contributed by atoms with van der Waals surface area (Å²) in [6.07, 6.45) is -0.436. The topological polar surface area (TPSA) is 40.6 Å². The molecule has 0 bridgehead atoms. The van der Waals surface area contributed by atoms with E-state index in [1.54, 1.807) is 0 Å². The molecule has 2 heterocycles. The molecule has 2 aliphatic heterocycles. The minimum absolute atomic E-state index is 0.0721. The number of hydrogen-bond acceptors (Lipinski definition) is 3. The van der Waals surface area contributed by atoms with Gasteiger partial charge in [0, 0.05) is 25.7 Å². The third-order valence-corrected chi connectivity index (χ3v) is 4.99. The Kier molecular flexibility index (Phi) is 2.96. The van der Waals surface area contributed by atoms with Gasteiger partial charge in [-0.3, -0.25) is 0 Å². The van der Waals surface area contributed by atoms with Crippen LogP contribution in [0.1, 0.15) is 6.42 Å². The van der Waals surface area contributed by atoms with Crippen molar-refractivity contribution in [2.45, 2.75) is 12.5 Å². The Bertz CT molecular complexity index is 372. The summed E-state index contributed by atoms with van der Waals surface area (Å²) in [5.74, 6) is 0.0721. The third kappa shape index (κ3) is 2.52. The van der Waals surface area contributed by atoms with Crippen LogP contribution in [-0.2, 0) is 10.0 Å². The van der Waals surface area contributed by atoms with Crippen LogP contribution in [0.2, 0.25) is 0 Å². The van der Waals surface area contributed by atoms with Gasteiger partial charge in [0.15, 0.2) is 0 Å². The van der Waals surface area contributed by atoms with Crippen LogP contribution in [0.5, 0.6) is 0 Å². The molecule has 16 heavy (non-hydrogen) atoms. The van der Waals surface area contributed by atoms with Gasteiger partial charge >= 0.3 is 6.98 Å². The molecule has 0 unspecified atom stereocenters. The molecule has 4 nitrogen and oxygen atoms in total. The molecule has 0 radical (unpaired) electrons. The lowest BCUT2D eigenvalue weighted by atomic mass is 9.90. The molecule has 0 aromatic rings. The van der Waals surface area contributed by atoms with Gasteiger partial charge in [0.1, 0.15) is 0 Å². The van der Waals surface area contributed by atoms with Crippen LogP contribution < -0.4 is 0 Å². The molecule has 0 N–H and O–H groups in total. The first kappa shape index (κ1) is 12.2. The molecule has 0 spiro atoms. The van der Waals surface area contributed by atoms with Crippen LogP contribution in [0.4, 0.5) is 12.9 Å². The molecule has 2 rings (SSSR count). The van der Waals surface area contributed by atoms with E-state index in [4.69, 9.17) is 0 Å². The van der Waals surface area contributed by atoms with Crippen LogP contribution in [0.15, 0.2) is 0 Å². The van der Waals surface area contributed by atoms with Crippen LogP contribution in [0.25, 0.3) is 0 Å². The summed E-state index contributed by atoms with van der Waals surface area (Å²) in [4.78, 5) is 1.31. The maximum absolute atomic E-state index is 12.2. The normalized spacial score (nSPS) is 31.6. The minimum atomic E-state index is -4.82. The van der Waals surface area contributed by atoms with E-state index in [0.717, 1.165) is 0 Å². The van der Waals surface area contributed by atoms with Gasteiger partial charge in [0.25, 0.3) is 0 Å². The van der Waals surface area contributed by atoms with Gasteiger partial charge in [0.05, 0.1) is 5.75 Å². The molecule has 0 aromatic carbocycles. The van der Waals surface area contributed by atoms with Gasteiger partial charge in [0.2, 0.25) is 10.0 Å². The fourth-order valence-electron chi connectivity index (χ4n) is 2.37. The van der Waals surface area contributed by atoms with Gasteiger partial charge in [-0.1, -0.05) is 0 Å². The summed E-state index contributed by atoms with van der Waals surface area (Å²) in [7, 11) is -3.18. The van der Waals surface area contributed by atoms with Crippen LogP contribution in [0, 0.1) is 0 Å². The van der Waals surface area contributed by atoms with E-state index < -0.39 is 23.4 Å². The Labute approximate surface area is 92.5 Å². The fourth-order valence-corrected chi connectivity index (χ4v) is 4.16. The van der Waals surface area contributed by atoms with Crippen molar-refractivity contribution in [2.75, 3.05) is 31.8 Å². The molecule has 2 saturated heterocycles. The SMILES string of the molecule is O=S1(=O)CC[C@H]2CN(C[B-](F)(F)F)CCN21. The Morgan fingerprint density at radius 3 is 2.56 bits per heavy atom. The van der Waals surface area contributed by atoms with Crippen LogP contribution in [0.3, 0.4) is 0 Å². The maximum Gasteiger partial charge on any atom is 0.492 e. The predicted octanol–water partition coefficient (Wildman–Crippen LogP) is 0.0927. The van der Waals surface area contributed by atoms with Crippen molar-refractivity contribution < 1.29 is 21.4 Å². The number of halogens is 3. The highest BCUT2D eigenvalue weighted by Crippen LogP contribution is 2.25. The molecule has 0 aliphatic carbocycles. The minimum Gasteiger partial charge on any atom is -0.448 e. The number of hydrogen-bond donors (Lipinski definition) is 0. The monoisotopic (exact) mass is 257 g/mol. The number of sulfonamides is 1. The average Bonchev–Trinajstić information content (AvgIpc) is 2.39. The first-order valence-electron chi connectivity index (χ1n) is 5.21. The number of piperazine rings is 1. The van der Waals surface area contributed by atoms with Gasteiger partial charge in [-0.15, -0.1) is 0 Å². The van der Waals surface area contributed by atoms with Crippen molar-refractivity contribution >= 4 is 17.0 Å². The van der Waals surface area contributed by atoms with Gasteiger partial charge in [-0.05, 0) is 12.9 Å². The lowest BCUT2D eigenvalue weighted by molar-refractivity contribution is 0.151. The average molecular weight is 257 g/mol. The summed E-state index contributed by atoms with van der Waals surface area (Å²) >= 11 is 0. The van der Waals surface area contributed by atoms with E-state index in [1.165, 1.54) is 9.21 Å². The van der Waals surface area contributed by atoms with E-state index in [9.17, 15) is 21.4 Å². The highest BCUT2D eigenvalue weighted by Gasteiger charge is 2.41. The molecule has 1 atom stereocenters. The largest absolute Gasteiger partial charge is 0.492 e. The summed E-state index contributed by atoms with van der Waals surface area (Å²) in [6.45, 7) is -4.24. The highest BCUT2D eigenvalue weighted by atomic mass is 32.2. The van der Waals surface area contributed by atoms with Crippen molar-refractivity contribution in [1.82, 2.24) is 9.21 Å². The van der Waals surface area contributed by atoms with E-state index >= 15 is 0 Å². The summed E-state index contributed by atoms with van der Waals surface area (Å²) in [6, 6.07) is -0.253. The summed E-state index contributed by atoms with van der Waals surface area (Å²) in [5.41, 5.74) is 0. The maximum atomic E-state index is 12.2. The molecule has 0 amide bonds. The zero-order valence-corrected chi connectivity index (χ0v) is 9.47. The second-order valence-corrected chi connectivity index (χ2v) is 6.38. The number of fused-ring (bicyclic) bond motifs is 1. The first-order valence-corrected chi connectivity index (χ1v) is 6.82. The fraction of sp³-hybridized carbons (Fsp3) is 1.00. The molecule has 2 fully saturated rings. The smallest absolute Gasteiger partial charge is 0.448 e. The summed E-state index contributed by atoms with van der Waals surface area (Å²) in [5, 5.41) is 0. The quantitative estimate of drug-likeness (QED) is 0.658. The van der Waals surface area contributed by atoms with E-state index in [1.807, 2.05) is 0 Å². The van der Waals surface area contributed by atoms with Crippen molar-refractivity contribution in [1.29, 1.82) is 0 Å². The molecule has 9 heteroatoms. The van der Waals surface area contributed by atoms with Gasteiger partial charge in [-0.2, -0.15) is 4.31 Å². The molecular weight excluding hydrogens is 244 g/mol. The Morgan fingerprint density at radius 2 is 1.94 bits per heavy atom. The van der Waals surface area contributed by atoms with Crippen LogP contribution >= 0.6 is 0 Å². The van der Waals surface area contributed by atoms with Crippen LogP contribution in [-0.4, -0.2) is 62.5 Å². The lowest BCUT2D eigenvalue weighted by Crippen LogP contribution is -2.54. The first-order chi connectivity index (χ1) is 7.28. The second kappa shape index (κ2) is 3.88. The van der Waals surface area contributed by atoms with Crippen molar-refractivity contribution in [3.8, 4) is 0 Å². The Morgan fingerprint density at radius 1 is 1.25 bits per heavy atom. The molecular formula is C7H13BF3N2O2S-. The molecule has 94 valence electrons. The van der Waals surface area contributed by atoms with Crippen molar-refractivity contribution in [3.63, 3.8) is 0 Å². The lowest BCUT2D eigenvalue weighted by Gasteiger charge is -2.38. The second-order valence-electron chi connectivity index (χ2n) is 4.34. The van der Waals surface area contributed by atoms with E-state index in [0.29, 0.717) is 6.42 Å². The highest BCUT2D eigenvalue weighted by molar-refractivity contribution is 7.89. The molecule has 2 aliphatic rings. The summed E-state index contributed by atoms with van der Waals surface area (Å²) < 4.78 is 61.0. The van der Waals surface area contributed by atoms with Gasteiger partial charge < -0.3 is 17.8 Å². The third-order valence-electron chi connectivity index (χ3n) is 3.04. The zero-order chi connectivity index (χ0) is 12.0. The van der Waals surface area contributed by atoms with Crippen molar-refractivity contribution in [2.24, 2.45) is 0 Å².